The molecule has 0 aliphatic rings. The number of hydrogen-bond acceptors (Lipinski definition) is 3. The van der Waals surface area contributed by atoms with Gasteiger partial charge in [0.25, 0.3) is 0 Å². The van der Waals surface area contributed by atoms with Crippen LogP contribution in [0.5, 0.6) is 11.5 Å². The fourth-order valence-corrected chi connectivity index (χ4v) is 1.30. The first-order valence-corrected chi connectivity index (χ1v) is 5.34. The molecule has 1 aromatic carbocycles. The van der Waals surface area contributed by atoms with Crippen molar-refractivity contribution in [3.63, 3.8) is 0 Å². The summed E-state index contributed by atoms with van der Waals surface area (Å²) < 4.78 is 10.7. The standard InChI is InChI=1S/C12H18N2O2/c1-3-4-7-16-11-8-9(15-2)5-6-10(11)12(13)14/h5-6,8H,3-4,7H2,1-2H3,(H3,13,14). The molecular weight excluding hydrogens is 204 g/mol. The van der Waals surface area contributed by atoms with Crippen LogP contribution < -0.4 is 15.2 Å². The van der Waals surface area contributed by atoms with Gasteiger partial charge in [-0.25, -0.2) is 0 Å². The van der Waals surface area contributed by atoms with E-state index in [9.17, 15) is 0 Å². The third kappa shape index (κ3) is 3.15. The molecule has 0 aliphatic carbocycles. The number of benzene rings is 1. The Labute approximate surface area is 95.9 Å². The van der Waals surface area contributed by atoms with Gasteiger partial charge >= 0.3 is 0 Å². The summed E-state index contributed by atoms with van der Waals surface area (Å²) in [4.78, 5) is 0. The van der Waals surface area contributed by atoms with Crippen LogP contribution in [0.3, 0.4) is 0 Å². The van der Waals surface area contributed by atoms with E-state index in [1.807, 2.05) is 0 Å². The van der Waals surface area contributed by atoms with E-state index in [0.29, 0.717) is 23.7 Å². The first-order chi connectivity index (χ1) is 7.69. The van der Waals surface area contributed by atoms with Gasteiger partial charge in [0.2, 0.25) is 0 Å². The molecule has 4 heteroatoms. The third-order valence-electron chi connectivity index (χ3n) is 2.23. The molecule has 0 fully saturated rings. The van der Waals surface area contributed by atoms with Gasteiger partial charge in [0.15, 0.2) is 0 Å². The van der Waals surface area contributed by atoms with Crippen LogP contribution in [-0.4, -0.2) is 19.6 Å². The second-order valence-corrected chi connectivity index (χ2v) is 3.48. The molecule has 0 atom stereocenters. The molecule has 16 heavy (non-hydrogen) atoms. The minimum Gasteiger partial charge on any atom is -0.497 e. The summed E-state index contributed by atoms with van der Waals surface area (Å²) in [6.07, 6.45) is 2.05. The number of ether oxygens (including phenoxy) is 2. The monoisotopic (exact) mass is 222 g/mol. The Kier molecular flexibility index (Phi) is 4.64. The highest BCUT2D eigenvalue weighted by molar-refractivity contribution is 5.97. The molecule has 0 unspecified atom stereocenters. The van der Waals surface area contributed by atoms with E-state index in [1.54, 1.807) is 25.3 Å². The van der Waals surface area contributed by atoms with Gasteiger partial charge in [0, 0.05) is 6.07 Å². The van der Waals surface area contributed by atoms with E-state index < -0.39 is 0 Å². The Morgan fingerprint density at radius 2 is 2.19 bits per heavy atom. The topological polar surface area (TPSA) is 68.3 Å². The lowest BCUT2D eigenvalue weighted by Gasteiger charge is -2.11. The molecule has 4 nitrogen and oxygen atoms in total. The van der Waals surface area contributed by atoms with Crippen molar-refractivity contribution >= 4 is 5.84 Å². The van der Waals surface area contributed by atoms with Crippen molar-refractivity contribution in [1.29, 1.82) is 5.41 Å². The van der Waals surface area contributed by atoms with Gasteiger partial charge in [-0.2, -0.15) is 0 Å². The van der Waals surface area contributed by atoms with Crippen molar-refractivity contribution in [2.45, 2.75) is 19.8 Å². The predicted molar refractivity (Wildman–Crippen MR) is 64.4 cm³/mol. The van der Waals surface area contributed by atoms with E-state index in [2.05, 4.69) is 6.92 Å². The number of amidine groups is 1. The molecule has 0 saturated carbocycles. The lowest BCUT2D eigenvalue weighted by Crippen LogP contribution is -2.13. The highest BCUT2D eigenvalue weighted by atomic mass is 16.5. The summed E-state index contributed by atoms with van der Waals surface area (Å²) in [6, 6.07) is 5.26. The fourth-order valence-electron chi connectivity index (χ4n) is 1.30. The average molecular weight is 222 g/mol. The van der Waals surface area contributed by atoms with E-state index in [4.69, 9.17) is 20.6 Å². The molecule has 0 spiro atoms. The Morgan fingerprint density at radius 1 is 1.44 bits per heavy atom. The molecule has 88 valence electrons. The van der Waals surface area contributed by atoms with Gasteiger partial charge in [-0.05, 0) is 18.6 Å². The Bertz CT molecular complexity index is 364. The summed E-state index contributed by atoms with van der Waals surface area (Å²) in [5, 5.41) is 7.44. The van der Waals surface area contributed by atoms with Crippen molar-refractivity contribution in [3.8, 4) is 11.5 Å². The van der Waals surface area contributed by atoms with E-state index in [0.717, 1.165) is 12.8 Å². The molecule has 0 aromatic heterocycles. The maximum absolute atomic E-state index is 7.44. The number of nitrogen functional groups attached to an aromatic ring is 1. The summed E-state index contributed by atoms with van der Waals surface area (Å²) in [5.41, 5.74) is 6.08. The maximum atomic E-state index is 7.44. The van der Waals surface area contributed by atoms with Gasteiger partial charge in [0.1, 0.15) is 17.3 Å². The van der Waals surface area contributed by atoms with Crippen molar-refractivity contribution < 1.29 is 9.47 Å². The van der Waals surface area contributed by atoms with Gasteiger partial charge in [-0.1, -0.05) is 13.3 Å². The summed E-state index contributed by atoms with van der Waals surface area (Å²) >= 11 is 0. The van der Waals surface area contributed by atoms with E-state index >= 15 is 0 Å². The van der Waals surface area contributed by atoms with Crippen LogP contribution in [0.2, 0.25) is 0 Å². The summed E-state index contributed by atoms with van der Waals surface area (Å²) in [5.74, 6) is 1.32. The Hall–Kier alpha value is -1.71. The molecule has 0 saturated heterocycles. The number of hydrogen-bond donors (Lipinski definition) is 2. The fraction of sp³-hybridized carbons (Fsp3) is 0.417. The largest absolute Gasteiger partial charge is 0.497 e. The van der Waals surface area contributed by atoms with Crippen LogP contribution in [0.4, 0.5) is 0 Å². The minimum atomic E-state index is 0.00847. The number of unbranched alkanes of at least 4 members (excludes halogenated alkanes) is 1. The molecule has 3 N–H and O–H groups in total. The summed E-state index contributed by atoms with van der Waals surface area (Å²) in [7, 11) is 1.60. The number of methoxy groups -OCH3 is 1. The molecule has 0 heterocycles. The van der Waals surface area contributed by atoms with Crippen molar-refractivity contribution in [2.24, 2.45) is 5.73 Å². The Balaban J connectivity index is 2.87. The SMILES string of the molecule is CCCCOc1cc(OC)ccc1C(=N)N. The van der Waals surface area contributed by atoms with E-state index in [1.165, 1.54) is 0 Å². The maximum Gasteiger partial charge on any atom is 0.133 e. The van der Waals surface area contributed by atoms with Crippen LogP contribution in [0.1, 0.15) is 25.3 Å². The highest BCUT2D eigenvalue weighted by Crippen LogP contribution is 2.24. The number of nitrogens with one attached hydrogen (secondary N) is 1. The highest BCUT2D eigenvalue weighted by Gasteiger charge is 2.08. The molecule has 1 aromatic rings. The van der Waals surface area contributed by atoms with Crippen LogP contribution >= 0.6 is 0 Å². The quantitative estimate of drug-likeness (QED) is 0.440. The van der Waals surface area contributed by atoms with Gasteiger partial charge in [-0.3, -0.25) is 5.41 Å². The molecule has 0 aliphatic heterocycles. The number of rotatable bonds is 6. The van der Waals surface area contributed by atoms with Crippen LogP contribution in [-0.2, 0) is 0 Å². The molecule has 0 bridgehead atoms. The molecule has 0 radical (unpaired) electrons. The van der Waals surface area contributed by atoms with E-state index in [-0.39, 0.29) is 5.84 Å². The second-order valence-electron chi connectivity index (χ2n) is 3.48. The normalized spacial score (nSPS) is 9.88. The van der Waals surface area contributed by atoms with Crippen LogP contribution in [0.25, 0.3) is 0 Å². The third-order valence-corrected chi connectivity index (χ3v) is 2.23. The zero-order valence-corrected chi connectivity index (χ0v) is 9.75. The smallest absolute Gasteiger partial charge is 0.133 e. The van der Waals surface area contributed by atoms with Gasteiger partial charge < -0.3 is 15.2 Å². The zero-order valence-electron chi connectivity index (χ0n) is 9.75. The zero-order chi connectivity index (χ0) is 12.0. The van der Waals surface area contributed by atoms with Crippen molar-refractivity contribution in [2.75, 3.05) is 13.7 Å². The second kappa shape index (κ2) is 6.00. The van der Waals surface area contributed by atoms with Gasteiger partial charge in [0.05, 0.1) is 19.3 Å². The lowest BCUT2D eigenvalue weighted by atomic mass is 10.1. The average Bonchev–Trinajstić information content (AvgIpc) is 2.29. The lowest BCUT2D eigenvalue weighted by molar-refractivity contribution is 0.306. The first-order valence-electron chi connectivity index (χ1n) is 5.34. The minimum absolute atomic E-state index is 0.00847. The Morgan fingerprint density at radius 3 is 2.75 bits per heavy atom. The first kappa shape index (κ1) is 12.4. The predicted octanol–water partition coefficient (Wildman–Crippen LogP) is 2.16. The van der Waals surface area contributed by atoms with Crippen LogP contribution in [0, 0.1) is 5.41 Å². The number of nitrogens with two attached hydrogens (primary N) is 1. The molecular formula is C12H18N2O2. The van der Waals surface area contributed by atoms with Crippen molar-refractivity contribution in [3.05, 3.63) is 23.8 Å². The molecule has 0 amide bonds. The summed E-state index contributed by atoms with van der Waals surface area (Å²) in [6.45, 7) is 2.73. The van der Waals surface area contributed by atoms with Gasteiger partial charge in [-0.15, -0.1) is 0 Å². The van der Waals surface area contributed by atoms with Crippen molar-refractivity contribution in [1.82, 2.24) is 0 Å². The molecule has 1 rings (SSSR count). The van der Waals surface area contributed by atoms with Crippen LogP contribution in [0.15, 0.2) is 18.2 Å².